The van der Waals surface area contributed by atoms with Gasteiger partial charge < -0.3 is 16.2 Å². The molecule has 1 amide bonds. The average molecular weight is 188 g/mol. The molecule has 0 bridgehead atoms. The molecule has 1 unspecified atom stereocenters. The van der Waals surface area contributed by atoms with Crippen molar-refractivity contribution < 1.29 is 14.7 Å². The number of carbonyl (C=O) groups is 2. The van der Waals surface area contributed by atoms with E-state index in [1.165, 1.54) is 6.92 Å². The minimum atomic E-state index is -1.07. The van der Waals surface area contributed by atoms with Gasteiger partial charge in [-0.25, -0.2) is 0 Å². The second-order valence-electron chi connectivity index (χ2n) is 3.34. The van der Waals surface area contributed by atoms with Crippen LogP contribution in [0.25, 0.3) is 0 Å². The SMILES string of the molecule is CC(C)C(N)C(=O)N[C@@H](C)C(=O)O. The third kappa shape index (κ3) is 3.89. The fourth-order valence-corrected chi connectivity index (χ4v) is 0.674. The molecule has 0 fully saturated rings. The summed E-state index contributed by atoms with van der Waals surface area (Å²) in [6, 6.07) is -1.54. The van der Waals surface area contributed by atoms with E-state index in [2.05, 4.69) is 5.32 Å². The minimum absolute atomic E-state index is 0.000921. The molecule has 2 atom stereocenters. The lowest BCUT2D eigenvalue weighted by atomic mass is 10.0. The Kier molecular flexibility index (Phi) is 4.40. The molecule has 4 N–H and O–H groups in total. The zero-order valence-corrected chi connectivity index (χ0v) is 8.07. The van der Waals surface area contributed by atoms with E-state index in [1.54, 1.807) is 13.8 Å². The van der Waals surface area contributed by atoms with Crippen molar-refractivity contribution in [2.45, 2.75) is 32.9 Å². The van der Waals surface area contributed by atoms with Crippen LogP contribution in [0.3, 0.4) is 0 Å². The first-order valence-corrected chi connectivity index (χ1v) is 4.15. The van der Waals surface area contributed by atoms with Crippen LogP contribution in [0, 0.1) is 5.92 Å². The van der Waals surface area contributed by atoms with Crippen molar-refractivity contribution in [3.05, 3.63) is 0 Å². The number of hydrogen-bond acceptors (Lipinski definition) is 3. The maximum atomic E-state index is 11.2. The predicted molar refractivity (Wildman–Crippen MR) is 48.1 cm³/mol. The van der Waals surface area contributed by atoms with Gasteiger partial charge in [-0.1, -0.05) is 13.8 Å². The first kappa shape index (κ1) is 11.9. The van der Waals surface area contributed by atoms with E-state index >= 15 is 0 Å². The Morgan fingerprint density at radius 2 is 1.77 bits per heavy atom. The van der Waals surface area contributed by atoms with Crippen LogP contribution in [0.1, 0.15) is 20.8 Å². The summed E-state index contributed by atoms with van der Waals surface area (Å²) in [5, 5.41) is 10.8. The molecule has 13 heavy (non-hydrogen) atoms. The van der Waals surface area contributed by atoms with Gasteiger partial charge in [0, 0.05) is 0 Å². The topological polar surface area (TPSA) is 92.4 Å². The second kappa shape index (κ2) is 4.81. The maximum absolute atomic E-state index is 11.2. The lowest BCUT2D eigenvalue weighted by Crippen LogP contribution is -2.49. The van der Waals surface area contributed by atoms with Crippen molar-refractivity contribution in [2.75, 3.05) is 0 Å². The number of carboxylic acid groups (broad SMARTS) is 1. The monoisotopic (exact) mass is 188 g/mol. The summed E-state index contributed by atoms with van der Waals surface area (Å²) in [4.78, 5) is 21.6. The van der Waals surface area contributed by atoms with Gasteiger partial charge in [-0.2, -0.15) is 0 Å². The van der Waals surface area contributed by atoms with E-state index in [-0.39, 0.29) is 5.92 Å². The third-order valence-electron chi connectivity index (χ3n) is 1.75. The van der Waals surface area contributed by atoms with Gasteiger partial charge in [-0.3, -0.25) is 9.59 Å². The Balaban J connectivity index is 4.08. The van der Waals surface area contributed by atoms with Gasteiger partial charge in [0.1, 0.15) is 6.04 Å². The first-order chi connectivity index (χ1) is 5.86. The van der Waals surface area contributed by atoms with Crippen LogP contribution >= 0.6 is 0 Å². The minimum Gasteiger partial charge on any atom is -0.480 e. The molecule has 0 radical (unpaired) electrons. The molecule has 5 nitrogen and oxygen atoms in total. The average Bonchev–Trinajstić information content (AvgIpc) is 2.02. The number of carbonyl (C=O) groups excluding carboxylic acids is 1. The highest BCUT2D eigenvalue weighted by Crippen LogP contribution is 1.98. The van der Waals surface area contributed by atoms with Crippen molar-refractivity contribution in [1.82, 2.24) is 5.32 Å². The summed E-state index contributed by atoms with van der Waals surface area (Å²) >= 11 is 0. The summed E-state index contributed by atoms with van der Waals surface area (Å²) in [6.45, 7) is 5.00. The molecule has 5 heteroatoms. The smallest absolute Gasteiger partial charge is 0.325 e. The fraction of sp³-hybridized carbons (Fsp3) is 0.750. The molecule has 0 aromatic heterocycles. The lowest BCUT2D eigenvalue weighted by Gasteiger charge is -2.17. The largest absolute Gasteiger partial charge is 0.480 e. The number of carboxylic acids is 1. The van der Waals surface area contributed by atoms with Gasteiger partial charge in [0.25, 0.3) is 0 Å². The van der Waals surface area contributed by atoms with Crippen LogP contribution < -0.4 is 11.1 Å². The van der Waals surface area contributed by atoms with Crippen molar-refractivity contribution >= 4 is 11.9 Å². The molecule has 0 spiro atoms. The molecule has 76 valence electrons. The Morgan fingerprint density at radius 3 is 2.08 bits per heavy atom. The molecule has 0 aliphatic carbocycles. The fourth-order valence-electron chi connectivity index (χ4n) is 0.674. The van der Waals surface area contributed by atoms with E-state index in [4.69, 9.17) is 10.8 Å². The second-order valence-corrected chi connectivity index (χ2v) is 3.34. The van der Waals surface area contributed by atoms with E-state index < -0.39 is 24.0 Å². The standard InChI is InChI=1S/C8H16N2O3/c1-4(2)6(9)7(11)10-5(3)8(12)13/h4-6H,9H2,1-3H3,(H,10,11)(H,12,13)/t5-,6?/m0/s1. The highest BCUT2D eigenvalue weighted by Gasteiger charge is 2.21. The number of rotatable bonds is 4. The number of nitrogens with one attached hydrogen (secondary N) is 1. The summed E-state index contributed by atoms with van der Waals surface area (Å²) in [7, 11) is 0. The molecule has 0 saturated heterocycles. The molecule has 0 aliphatic rings. The van der Waals surface area contributed by atoms with Gasteiger partial charge in [-0.05, 0) is 12.8 Å². The van der Waals surface area contributed by atoms with Crippen molar-refractivity contribution in [2.24, 2.45) is 11.7 Å². The highest BCUT2D eigenvalue weighted by molar-refractivity contribution is 5.86. The number of nitrogens with two attached hydrogens (primary N) is 1. The van der Waals surface area contributed by atoms with Crippen LogP contribution in [-0.4, -0.2) is 29.1 Å². The summed E-state index contributed by atoms with van der Waals surface area (Å²) in [5.74, 6) is -1.49. The summed E-state index contributed by atoms with van der Waals surface area (Å²) < 4.78 is 0. The molecular weight excluding hydrogens is 172 g/mol. The molecule has 0 saturated carbocycles. The summed E-state index contributed by atoms with van der Waals surface area (Å²) in [5.41, 5.74) is 5.50. The van der Waals surface area contributed by atoms with Crippen LogP contribution in [0.2, 0.25) is 0 Å². The molecular formula is C8H16N2O3. The van der Waals surface area contributed by atoms with E-state index in [1.807, 2.05) is 0 Å². The van der Waals surface area contributed by atoms with Gasteiger partial charge in [0.2, 0.25) is 5.91 Å². The van der Waals surface area contributed by atoms with Crippen LogP contribution in [0.4, 0.5) is 0 Å². The first-order valence-electron chi connectivity index (χ1n) is 4.15. The van der Waals surface area contributed by atoms with Crippen molar-refractivity contribution in [1.29, 1.82) is 0 Å². The van der Waals surface area contributed by atoms with E-state index in [9.17, 15) is 9.59 Å². The zero-order chi connectivity index (χ0) is 10.6. The van der Waals surface area contributed by atoms with Gasteiger partial charge >= 0.3 is 5.97 Å². The van der Waals surface area contributed by atoms with Gasteiger partial charge in [0.15, 0.2) is 0 Å². The Morgan fingerprint density at radius 1 is 1.31 bits per heavy atom. The van der Waals surface area contributed by atoms with E-state index in [0.717, 1.165) is 0 Å². The summed E-state index contributed by atoms with van der Waals surface area (Å²) in [6.07, 6.45) is 0. The number of aliphatic carboxylic acids is 1. The molecule has 0 rings (SSSR count). The lowest BCUT2D eigenvalue weighted by molar-refractivity contribution is -0.141. The van der Waals surface area contributed by atoms with Crippen LogP contribution in [0.5, 0.6) is 0 Å². The molecule has 0 aromatic carbocycles. The molecule has 0 aromatic rings. The number of amides is 1. The van der Waals surface area contributed by atoms with Crippen molar-refractivity contribution in [3.8, 4) is 0 Å². The molecule has 0 heterocycles. The van der Waals surface area contributed by atoms with Gasteiger partial charge in [0.05, 0.1) is 6.04 Å². The quantitative estimate of drug-likeness (QED) is 0.557. The normalized spacial score (nSPS) is 15.2. The predicted octanol–water partition coefficient (Wildman–Crippen LogP) is -0.441. The third-order valence-corrected chi connectivity index (χ3v) is 1.75. The van der Waals surface area contributed by atoms with Gasteiger partial charge in [-0.15, -0.1) is 0 Å². The highest BCUT2D eigenvalue weighted by atomic mass is 16.4. The Labute approximate surface area is 77.3 Å². The zero-order valence-electron chi connectivity index (χ0n) is 8.07. The van der Waals surface area contributed by atoms with E-state index in [0.29, 0.717) is 0 Å². The Bertz CT molecular complexity index is 204. The molecule has 0 aliphatic heterocycles. The van der Waals surface area contributed by atoms with Crippen molar-refractivity contribution in [3.63, 3.8) is 0 Å². The Hall–Kier alpha value is -1.10. The maximum Gasteiger partial charge on any atom is 0.325 e. The van der Waals surface area contributed by atoms with Crippen LogP contribution in [0.15, 0.2) is 0 Å². The number of hydrogen-bond donors (Lipinski definition) is 3. The van der Waals surface area contributed by atoms with Crippen LogP contribution in [-0.2, 0) is 9.59 Å².